The molecule has 3 aliphatic rings. The summed E-state index contributed by atoms with van der Waals surface area (Å²) in [6.45, 7) is 6.01. The number of hydrogen-bond donors (Lipinski definition) is 2. The first-order valence-electron chi connectivity index (χ1n) is 15.7. The van der Waals surface area contributed by atoms with Gasteiger partial charge in [-0.15, -0.1) is 0 Å². The maximum absolute atomic E-state index is 13.9. The number of anilines is 1. The summed E-state index contributed by atoms with van der Waals surface area (Å²) in [5.41, 5.74) is 8.64. The summed E-state index contributed by atoms with van der Waals surface area (Å²) in [5.74, 6) is 1.28. The van der Waals surface area contributed by atoms with E-state index < -0.39 is 0 Å². The zero-order valence-corrected chi connectivity index (χ0v) is 25.2. The van der Waals surface area contributed by atoms with E-state index in [1.807, 2.05) is 65.3 Å². The summed E-state index contributed by atoms with van der Waals surface area (Å²) in [6.07, 6.45) is 3.97. The molecule has 0 spiro atoms. The molecule has 1 aliphatic carbocycles. The van der Waals surface area contributed by atoms with Crippen molar-refractivity contribution < 1.29 is 14.3 Å². The van der Waals surface area contributed by atoms with Gasteiger partial charge < -0.3 is 24.8 Å². The van der Waals surface area contributed by atoms with Crippen molar-refractivity contribution in [2.75, 3.05) is 44.2 Å². The van der Waals surface area contributed by atoms with Crippen molar-refractivity contribution in [1.29, 1.82) is 0 Å². The van der Waals surface area contributed by atoms with Crippen LogP contribution in [0.4, 0.5) is 5.69 Å². The number of ether oxygens (including phenoxy) is 1. The quantitative estimate of drug-likeness (QED) is 0.275. The molecule has 9 heteroatoms. The molecule has 8 rings (SSSR count). The molecule has 0 radical (unpaired) electrons. The van der Waals surface area contributed by atoms with Gasteiger partial charge in [-0.1, -0.05) is 30.3 Å². The molecule has 2 aliphatic heterocycles. The number of carbonyl (C=O) groups is 2. The Kier molecular flexibility index (Phi) is 6.83. The highest BCUT2D eigenvalue weighted by atomic mass is 16.5. The molecular formula is C36H34N6O3. The summed E-state index contributed by atoms with van der Waals surface area (Å²) < 4.78 is 6.09. The first-order chi connectivity index (χ1) is 22.0. The fourth-order valence-corrected chi connectivity index (χ4v) is 6.55. The molecule has 2 N–H and O–H groups in total. The lowest BCUT2D eigenvalue weighted by Crippen LogP contribution is -2.46. The number of carbonyl (C=O) groups excluding carboxylic acids is 2. The number of nitrogens with one attached hydrogen (secondary N) is 2. The Bertz CT molecular complexity index is 1940. The predicted molar refractivity (Wildman–Crippen MR) is 174 cm³/mol. The Balaban J connectivity index is 1.10. The second kappa shape index (κ2) is 11.2. The third-order valence-electron chi connectivity index (χ3n) is 9.23. The molecule has 226 valence electrons. The fraction of sp³-hybridized carbons (Fsp3) is 0.278. The topological polar surface area (TPSA) is 103 Å². The van der Waals surface area contributed by atoms with Gasteiger partial charge in [0.2, 0.25) is 0 Å². The van der Waals surface area contributed by atoms with Crippen LogP contribution in [0.3, 0.4) is 0 Å². The van der Waals surface area contributed by atoms with Gasteiger partial charge in [-0.05, 0) is 78.8 Å². The van der Waals surface area contributed by atoms with Gasteiger partial charge in [-0.25, -0.2) is 9.97 Å². The number of amides is 2. The number of nitrogens with zero attached hydrogens (tertiary/aromatic N) is 4. The number of piperazine rings is 1. The largest absolute Gasteiger partial charge is 0.491 e. The Morgan fingerprint density at radius 3 is 2.56 bits per heavy atom. The zero-order chi connectivity index (χ0) is 30.5. The highest BCUT2D eigenvalue weighted by Gasteiger charge is 2.30. The van der Waals surface area contributed by atoms with Gasteiger partial charge in [0.25, 0.3) is 11.8 Å². The highest BCUT2D eigenvalue weighted by Crippen LogP contribution is 2.42. The molecule has 0 atom stereocenters. The van der Waals surface area contributed by atoms with Crippen LogP contribution in [-0.4, -0.2) is 71.0 Å². The second-order valence-corrected chi connectivity index (χ2v) is 12.1. The van der Waals surface area contributed by atoms with Gasteiger partial charge in [0, 0.05) is 54.1 Å². The van der Waals surface area contributed by atoms with Crippen LogP contribution < -0.4 is 15.0 Å². The van der Waals surface area contributed by atoms with E-state index in [2.05, 4.69) is 33.5 Å². The van der Waals surface area contributed by atoms with E-state index in [-0.39, 0.29) is 11.8 Å². The summed E-state index contributed by atoms with van der Waals surface area (Å²) in [6, 6.07) is 21.8. The van der Waals surface area contributed by atoms with Crippen molar-refractivity contribution in [3.63, 3.8) is 0 Å². The molecule has 45 heavy (non-hydrogen) atoms. The normalized spacial score (nSPS) is 16.8. The average Bonchev–Trinajstić information content (AvgIpc) is 3.87. The lowest BCUT2D eigenvalue weighted by Gasteiger charge is -2.27. The number of H-pyrrole nitrogens is 1. The monoisotopic (exact) mass is 598 g/mol. The van der Waals surface area contributed by atoms with Gasteiger partial charge in [0.1, 0.15) is 24.3 Å². The molecule has 1 saturated heterocycles. The second-order valence-electron chi connectivity index (χ2n) is 12.1. The minimum atomic E-state index is -0.0549. The Hall–Kier alpha value is -5.02. The molecular weight excluding hydrogens is 564 g/mol. The number of fused-ring (bicyclic) bond motifs is 2. The minimum absolute atomic E-state index is 0.0549. The van der Waals surface area contributed by atoms with Crippen molar-refractivity contribution >= 4 is 28.5 Å². The molecule has 1 saturated carbocycles. The van der Waals surface area contributed by atoms with Crippen LogP contribution in [0.15, 0.2) is 73.1 Å². The minimum Gasteiger partial charge on any atom is -0.491 e. The maximum Gasteiger partial charge on any atom is 0.262 e. The van der Waals surface area contributed by atoms with Gasteiger partial charge >= 0.3 is 0 Å². The average molecular weight is 599 g/mol. The van der Waals surface area contributed by atoms with Crippen LogP contribution in [0.5, 0.6) is 5.75 Å². The van der Waals surface area contributed by atoms with Crippen molar-refractivity contribution in [1.82, 2.24) is 25.2 Å². The van der Waals surface area contributed by atoms with Gasteiger partial charge in [-0.3, -0.25) is 9.59 Å². The molecule has 0 unspecified atom stereocenters. The fourth-order valence-electron chi connectivity index (χ4n) is 6.55. The van der Waals surface area contributed by atoms with Crippen LogP contribution in [0, 0.1) is 6.92 Å². The lowest BCUT2D eigenvalue weighted by molar-refractivity contribution is 0.0735. The van der Waals surface area contributed by atoms with E-state index in [9.17, 15) is 9.59 Å². The van der Waals surface area contributed by atoms with Crippen molar-refractivity contribution in [2.45, 2.75) is 25.7 Å². The summed E-state index contributed by atoms with van der Waals surface area (Å²) in [7, 11) is 0. The summed E-state index contributed by atoms with van der Waals surface area (Å²) >= 11 is 0. The smallest absolute Gasteiger partial charge is 0.262 e. The van der Waals surface area contributed by atoms with E-state index in [1.165, 1.54) is 18.4 Å². The zero-order valence-electron chi connectivity index (χ0n) is 25.2. The Morgan fingerprint density at radius 2 is 1.76 bits per heavy atom. The molecule has 3 aromatic carbocycles. The summed E-state index contributed by atoms with van der Waals surface area (Å²) in [4.78, 5) is 43.2. The molecule has 2 aromatic heterocycles. The van der Waals surface area contributed by atoms with Crippen molar-refractivity contribution in [2.24, 2.45) is 0 Å². The molecule has 0 bridgehead atoms. The van der Waals surface area contributed by atoms with Crippen LogP contribution in [0.2, 0.25) is 0 Å². The van der Waals surface area contributed by atoms with E-state index in [0.29, 0.717) is 35.9 Å². The van der Waals surface area contributed by atoms with Crippen LogP contribution in [0.25, 0.3) is 33.5 Å². The molecule has 5 aromatic rings. The predicted octanol–water partition coefficient (Wildman–Crippen LogP) is 5.56. The third kappa shape index (κ3) is 5.03. The van der Waals surface area contributed by atoms with Crippen molar-refractivity contribution in [3.8, 4) is 28.3 Å². The molecule has 2 amide bonds. The van der Waals surface area contributed by atoms with E-state index in [1.54, 1.807) is 6.33 Å². The number of aromatic amines is 1. The van der Waals surface area contributed by atoms with E-state index in [0.717, 1.165) is 71.0 Å². The Labute approximate surface area is 261 Å². The van der Waals surface area contributed by atoms with E-state index in [4.69, 9.17) is 9.72 Å². The Morgan fingerprint density at radius 1 is 0.933 bits per heavy atom. The van der Waals surface area contributed by atoms with Gasteiger partial charge in [0.05, 0.1) is 17.8 Å². The maximum atomic E-state index is 13.9. The van der Waals surface area contributed by atoms with E-state index >= 15 is 0 Å². The number of hydrogen-bond acceptors (Lipinski definition) is 6. The van der Waals surface area contributed by atoms with Crippen molar-refractivity contribution in [3.05, 3.63) is 95.3 Å². The number of aromatic nitrogens is 3. The lowest BCUT2D eigenvalue weighted by atomic mass is 10.00. The highest BCUT2D eigenvalue weighted by molar-refractivity contribution is 6.09. The SMILES string of the molecule is Cc1c(-c2ncnc3[nH]c(-c4ccc(C(=O)N5CCNCC5)cc4)cc23)cccc1N1CCOc2cc(C3CC3)ccc2C1=O. The van der Waals surface area contributed by atoms with Crippen LogP contribution in [-0.2, 0) is 0 Å². The number of rotatable bonds is 5. The molecule has 4 heterocycles. The first-order valence-corrected chi connectivity index (χ1v) is 15.7. The first kappa shape index (κ1) is 27.5. The van der Waals surface area contributed by atoms with Crippen LogP contribution in [0.1, 0.15) is 50.6 Å². The van der Waals surface area contributed by atoms with Crippen LogP contribution >= 0.6 is 0 Å². The van der Waals surface area contributed by atoms with Gasteiger partial charge in [-0.2, -0.15) is 0 Å². The summed E-state index contributed by atoms with van der Waals surface area (Å²) in [5, 5.41) is 4.17. The molecule has 2 fully saturated rings. The number of benzene rings is 3. The standard InChI is InChI=1S/C36H34N6O3/c1-22-27(3-2-4-31(22)42-17-18-45-32-19-26(23-5-6-23)11-12-28(32)36(42)44)33-29-20-30(40-34(29)39-21-38-33)24-7-9-25(10-8-24)35(43)41-15-13-37-14-16-41/h2-4,7-12,19-21,23,37H,5-6,13-18H2,1H3,(H,38,39,40). The third-order valence-corrected chi connectivity index (χ3v) is 9.23. The molecule has 9 nitrogen and oxygen atoms in total. The van der Waals surface area contributed by atoms with Gasteiger partial charge in [0.15, 0.2) is 0 Å².